The summed E-state index contributed by atoms with van der Waals surface area (Å²) in [5.41, 5.74) is 12.6. The molecule has 1 heterocycles. The molecule has 0 fully saturated rings. The second-order valence-corrected chi connectivity index (χ2v) is 10.5. The van der Waals surface area contributed by atoms with Crippen LogP contribution in [0.15, 0.2) is 72.8 Å². The Bertz CT molecular complexity index is 1470. The molecule has 40 heavy (non-hydrogen) atoms. The van der Waals surface area contributed by atoms with E-state index in [0.717, 1.165) is 67.2 Å². The average Bonchev–Trinajstić information content (AvgIpc) is 3.01. The number of rotatable bonds is 6. The van der Waals surface area contributed by atoms with Crippen molar-refractivity contribution in [1.82, 2.24) is 4.98 Å². The first-order valence-corrected chi connectivity index (χ1v) is 14.1. The molecule has 2 aliphatic carbocycles. The molecule has 3 aromatic carbocycles. The topological polar surface area (TPSA) is 40.6 Å². The number of hydrogen-bond acceptors (Lipinski definition) is 4. The van der Waals surface area contributed by atoms with Crippen molar-refractivity contribution in [3.05, 3.63) is 106 Å². The molecule has 0 saturated heterocycles. The molecule has 202 valence electrons. The van der Waals surface area contributed by atoms with Gasteiger partial charge in [-0.05, 0) is 132 Å². The number of hydrogen-bond donors (Lipinski definition) is 0. The number of benzene rings is 3. The molecule has 4 heteroatoms. The van der Waals surface area contributed by atoms with E-state index in [1.807, 2.05) is 24.3 Å². The summed E-state index contributed by atoms with van der Waals surface area (Å²) < 4.78 is 16.2. The highest BCUT2D eigenvalue weighted by Gasteiger charge is 2.28. The Morgan fingerprint density at radius 2 is 0.925 bits per heavy atom. The van der Waals surface area contributed by atoms with Gasteiger partial charge in [0.2, 0.25) is 0 Å². The van der Waals surface area contributed by atoms with Crippen LogP contribution in [-0.2, 0) is 12.8 Å². The standard InChI is InChI=1S/C36H35NO3/c1-38-29-16-10-24(11-17-29)22-27-6-4-8-32-34(26-14-20-31(40-3)21-15-26)33-9-5-7-28(36(33)37-35(27)32)23-25-12-18-30(39-2)19-13-25/h10-23H,4-9H2,1-3H3. The summed E-state index contributed by atoms with van der Waals surface area (Å²) in [6, 6.07) is 25.1. The Balaban J connectivity index is 1.54. The second-order valence-electron chi connectivity index (χ2n) is 10.5. The van der Waals surface area contributed by atoms with Gasteiger partial charge in [0.15, 0.2) is 0 Å². The van der Waals surface area contributed by atoms with E-state index in [1.165, 1.54) is 44.5 Å². The largest absolute Gasteiger partial charge is 0.497 e. The number of pyridine rings is 1. The van der Waals surface area contributed by atoms with Gasteiger partial charge in [0, 0.05) is 0 Å². The summed E-state index contributed by atoms with van der Waals surface area (Å²) in [5, 5.41) is 0. The number of allylic oxidation sites excluding steroid dienone is 2. The molecular weight excluding hydrogens is 494 g/mol. The lowest BCUT2D eigenvalue weighted by molar-refractivity contribution is 0.414. The van der Waals surface area contributed by atoms with Crippen LogP contribution in [0.25, 0.3) is 34.4 Å². The predicted molar refractivity (Wildman–Crippen MR) is 164 cm³/mol. The van der Waals surface area contributed by atoms with Gasteiger partial charge in [-0.2, -0.15) is 0 Å². The van der Waals surface area contributed by atoms with E-state index in [1.54, 1.807) is 21.3 Å². The molecule has 0 N–H and O–H groups in total. The van der Waals surface area contributed by atoms with Gasteiger partial charge in [-0.3, -0.25) is 0 Å². The van der Waals surface area contributed by atoms with Crippen LogP contribution in [0.3, 0.4) is 0 Å². The van der Waals surface area contributed by atoms with Gasteiger partial charge in [0.1, 0.15) is 17.2 Å². The van der Waals surface area contributed by atoms with Crippen LogP contribution in [0.2, 0.25) is 0 Å². The van der Waals surface area contributed by atoms with Gasteiger partial charge in [-0.15, -0.1) is 0 Å². The Labute approximate surface area is 237 Å². The molecular formula is C36H35NO3. The highest BCUT2D eigenvalue weighted by molar-refractivity contribution is 5.91. The summed E-state index contributed by atoms with van der Waals surface area (Å²) in [5.74, 6) is 2.61. The van der Waals surface area contributed by atoms with Gasteiger partial charge in [-0.25, -0.2) is 4.98 Å². The fourth-order valence-corrected chi connectivity index (χ4v) is 6.02. The smallest absolute Gasteiger partial charge is 0.118 e. The molecule has 0 atom stereocenters. The lowest BCUT2D eigenvalue weighted by Gasteiger charge is -2.29. The first-order valence-electron chi connectivity index (χ1n) is 14.1. The van der Waals surface area contributed by atoms with Crippen molar-refractivity contribution in [2.24, 2.45) is 0 Å². The molecule has 4 nitrogen and oxygen atoms in total. The van der Waals surface area contributed by atoms with Crippen LogP contribution < -0.4 is 14.2 Å². The molecule has 6 rings (SSSR count). The molecule has 4 aromatic rings. The second kappa shape index (κ2) is 11.4. The number of nitrogens with zero attached hydrogens (tertiary/aromatic N) is 1. The van der Waals surface area contributed by atoms with Gasteiger partial charge < -0.3 is 14.2 Å². The number of ether oxygens (including phenoxy) is 3. The van der Waals surface area contributed by atoms with Gasteiger partial charge in [-0.1, -0.05) is 36.4 Å². The molecule has 0 unspecified atom stereocenters. The van der Waals surface area contributed by atoms with Crippen LogP contribution in [0.1, 0.15) is 59.3 Å². The van der Waals surface area contributed by atoms with Crippen LogP contribution >= 0.6 is 0 Å². The van der Waals surface area contributed by atoms with Crippen LogP contribution in [0.4, 0.5) is 0 Å². The molecule has 0 aliphatic heterocycles. The van der Waals surface area contributed by atoms with Crippen molar-refractivity contribution in [1.29, 1.82) is 0 Å². The number of fused-ring (bicyclic) bond motifs is 2. The first kappa shape index (κ1) is 25.9. The summed E-state index contributed by atoms with van der Waals surface area (Å²) in [7, 11) is 5.13. The zero-order chi connectivity index (χ0) is 27.5. The van der Waals surface area contributed by atoms with Gasteiger partial charge >= 0.3 is 0 Å². The Hall–Kier alpha value is -4.31. The molecule has 0 saturated carbocycles. The molecule has 2 aliphatic rings. The van der Waals surface area contributed by atoms with Crippen molar-refractivity contribution in [2.75, 3.05) is 21.3 Å². The maximum absolute atomic E-state index is 5.49. The van der Waals surface area contributed by atoms with Crippen LogP contribution in [-0.4, -0.2) is 26.3 Å². The van der Waals surface area contributed by atoms with E-state index < -0.39 is 0 Å². The van der Waals surface area contributed by atoms with E-state index in [4.69, 9.17) is 19.2 Å². The maximum Gasteiger partial charge on any atom is 0.118 e. The predicted octanol–water partition coefficient (Wildman–Crippen LogP) is 8.53. The number of aromatic nitrogens is 1. The van der Waals surface area contributed by atoms with E-state index in [0.29, 0.717) is 0 Å². The van der Waals surface area contributed by atoms with Crippen molar-refractivity contribution in [3.8, 4) is 28.4 Å². The normalized spacial score (nSPS) is 16.4. The molecule has 1 aromatic heterocycles. The highest BCUT2D eigenvalue weighted by Crippen LogP contribution is 2.44. The van der Waals surface area contributed by atoms with Crippen LogP contribution in [0.5, 0.6) is 17.2 Å². The maximum atomic E-state index is 5.49. The fourth-order valence-electron chi connectivity index (χ4n) is 6.02. The molecule has 0 amide bonds. The molecule has 0 bridgehead atoms. The minimum Gasteiger partial charge on any atom is -0.497 e. The SMILES string of the molecule is COc1ccc(C=C2CCCc3c2nc2c(c3-c3ccc(OC)cc3)CCCC2=Cc2ccc(OC)cc2)cc1. The quantitative estimate of drug-likeness (QED) is 0.251. The minimum absolute atomic E-state index is 0.869. The van der Waals surface area contributed by atoms with E-state index in [2.05, 4.69) is 60.7 Å². The van der Waals surface area contributed by atoms with Crippen molar-refractivity contribution < 1.29 is 14.2 Å². The zero-order valence-corrected chi connectivity index (χ0v) is 23.5. The third-order valence-corrected chi connectivity index (χ3v) is 8.05. The number of methoxy groups -OCH3 is 3. The van der Waals surface area contributed by atoms with Gasteiger partial charge in [0.05, 0.1) is 32.7 Å². The Morgan fingerprint density at radius 3 is 1.32 bits per heavy atom. The van der Waals surface area contributed by atoms with Crippen molar-refractivity contribution >= 4 is 23.3 Å². The Kier molecular flexibility index (Phi) is 7.41. The fraction of sp³-hybridized carbons (Fsp3) is 0.250. The summed E-state index contributed by atoms with van der Waals surface area (Å²) >= 11 is 0. The third-order valence-electron chi connectivity index (χ3n) is 8.05. The summed E-state index contributed by atoms with van der Waals surface area (Å²) in [6.07, 6.45) is 11.0. The summed E-state index contributed by atoms with van der Waals surface area (Å²) in [6.45, 7) is 0. The average molecular weight is 530 g/mol. The van der Waals surface area contributed by atoms with Gasteiger partial charge in [0.25, 0.3) is 0 Å². The van der Waals surface area contributed by atoms with Crippen LogP contribution in [0, 0.1) is 0 Å². The van der Waals surface area contributed by atoms with E-state index in [-0.39, 0.29) is 0 Å². The van der Waals surface area contributed by atoms with Crippen molar-refractivity contribution in [2.45, 2.75) is 38.5 Å². The first-order chi connectivity index (χ1) is 19.7. The minimum atomic E-state index is 0.869. The Morgan fingerprint density at radius 1 is 0.525 bits per heavy atom. The summed E-state index contributed by atoms with van der Waals surface area (Å²) in [4.78, 5) is 5.49. The van der Waals surface area contributed by atoms with E-state index in [9.17, 15) is 0 Å². The monoisotopic (exact) mass is 529 g/mol. The zero-order valence-electron chi connectivity index (χ0n) is 23.5. The van der Waals surface area contributed by atoms with Crippen molar-refractivity contribution in [3.63, 3.8) is 0 Å². The third kappa shape index (κ3) is 5.14. The lowest BCUT2D eigenvalue weighted by Crippen LogP contribution is -2.15. The lowest BCUT2D eigenvalue weighted by atomic mass is 9.78. The highest BCUT2D eigenvalue weighted by atomic mass is 16.5. The molecule has 0 spiro atoms. The molecule has 0 radical (unpaired) electrons. The van der Waals surface area contributed by atoms with E-state index >= 15 is 0 Å².